The summed E-state index contributed by atoms with van der Waals surface area (Å²) in [5, 5.41) is 8.56. The first-order chi connectivity index (χ1) is 6.99. The van der Waals surface area contributed by atoms with E-state index in [1.54, 1.807) is 4.90 Å². The van der Waals surface area contributed by atoms with Crippen LogP contribution >= 0.6 is 0 Å². The predicted octanol–water partition coefficient (Wildman–Crippen LogP) is 1.89. The summed E-state index contributed by atoms with van der Waals surface area (Å²) in [7, 11) is 0. The van der Waals surface area contributed by atoms with E-state index in [9.17, 15) is 9.59 Å². The van der Waals surface area contributed by atoms with E-state index >= 15 is 0 Å². The number of hydrogen-bond donors (Lipinski definition) is 1. The normalized spacial score (nSPS) is 10.4. The van der Waals surface area contributed by atoms with Gasteiger partial charge in [-0.15, -0.1) is 0 Å². The number of carboxylic acids is 1. The molecule has 0 radical (unpaired) electrons. The van der Waals surface area contributed by atoms with E-state index in [1.165, 1.54) is 0 Å². The van der Waals surface area contributed by atoms with E-state index < -0.39 is 5.97 Å². The fourth-order valence-corrected chi connectivity index (χ4v) is 1.36. The molecule has 88 valence electrons. The summed E-state index contributed by atoms with van der Waals surface area (Å²) in [5.74, 6) is -0.794. The molecule has 0 unspecified atom stereocenters. The maximum absolute atomic E-state index is 11.7. The van der Waals surface area contributed by atoms with Crippen molar-refractivity contribution < 1.29 is 14.7 Å². The van der Waals surface area contributed by atoms with Crippen LogP contribution in [0.2, 0.25) is 0 Å². The largest absolute Gasteiger partial charge is 0.481 e. The maximum atomic E-state index is 11.7. The predicted molar refractivity (Wildman–Crippen MR) is 58.6 cm³/mol. The van der Waals surface area contributed by atoms with Crippen LogP contribution in [0.15, 0.2) is 0 Å². The van der Waals surface area contributed by atoms with Gasteiger partial charge in [0, 0.05) is 19.0 Å². The van der Waals surface area contributed by atoms with Gasteiger partial charge in [-0.25, -0.2) is 0 Å². The van der Waals surface area contributed by atoms with Gasteiger partial charge in [0.1, 0.15) is 0 Å². The lowest BCUT2D eigenvalue weighted by atomic mass is 10.2. The number of nitrogens with zero attached hydrogens (tertiary/aromatic N) is 1. The highest BCUT2D eigenvalue weighted by molar-refractivity contribution is 5.77. The van der Waals surface area contributed by atoms with E-state index in [2.05, 4.69) is 0 Å². The third-order valence-corrected chi connectivity index (χ3v) is 2.25. The average molecular weight is 215 g/mol. The zero-order chi connectivity index (χ0) is 11.8. The van der Waals surface area contributed by atoms with Crippen molar-refractivity contribution in [1.82, 2.24) is 4.90 Å². The zero-order valence-electron chi connectivity index (χ0n) is 9.82. The number of amides is 1. The number of carboxylic acid groups (broad SMARTS) is 1. The van der Waals surface area contributed by atoms with Crippen LogP contribution in [0, 0.1) is 0 Å². The molecule has 15 heavy (non-hydrogen) atoms. The minimum atomic E-state index is -0.857. The zero-order valence-corrected chi connectivity index (χ0v) is 9.82. The second-order valence-electron chi connectivity index (χ2n) is 3.93. The van der Waals surface area contributed by atoms with Crippen molar-refractivity contribution in [1.29, 1.82) is 0 Å². The molecule has 1 N–H and O–H groups in total. The molecule has 0 aliphatic heterocycles. The molecular weight excluding hydrogens is 194 g/mol. The third kappa shape index (κ3) is 6.10. The van der Waals surface area contributed by atoms with Gasteiger partial charge >= 0.3 is 5.97 Å². The number of hydrogen-bond acceptors (Lipinski definition) is 2. The Morgan fingerprint density at radius 1 is 1.27 bits per heavy atom. The van der Waals surface area contributed by atoms with Crippen molar-refractivity contribution in [2.75, 3.05) is 6.54 Å². The van der Waals surface area contributed by atoms with E-state index in [4.69, 9.17) is 5.11 Å². The highest BCUT2D eigenvalue weighted by Crippen LogP contribution is 2.06. The van der Waals surface area contributed by atoms with Gasteiger partial charge in [-0.2, -0.15) is 0 Å². The molecule has 0 rings (SSSR count). The molecule has 0 spiro atoms. The first kappa shape index (κ1) is 13.9. The van der Waals surface area contributed by atoms with Crippen LogP contribution in [-0.4, -0.2) is 34.5 Å². The number of aliphatic carboxylic acids is 1. The molecule has 0 aromatic carbocycles. The average Bonchev–Trinajstić information content (AvgIpc) is 2.13. The minimum Gasteiger partial charge on any atom is -0.481 e. The number of unbranched alkanes of at least 4 members (excludes halogenated alkanes) is 1. The van der Waals surface area contributed by atoms with Gasteiger partial charge in [0.2, 0.25) is 5.91 Å². The summed E-state index contributed by atoms with van der Waals surface area (Å²) in [6.45, 7) is 6.16. The van der Waals surface area contributed by atoms with Crippen molar-refractivity contribution in [3.05, 3.63) is 0 Å². The van der Waals surface area contributed by atoms with Crippen LogP contribution in [0.25, 0.3) is 0 Å². The van der Waals surface area contributed by atoms with Crippen molar-refractivity contribution in [3.8, 4) is 0 Å². The Labute approximate surface area is 91.3 Å². The first-order valence-electron chi connectivity index (χ1n) is 5.50. The van der Waals surface area contributed by atoms with Crippen LogP contribution in [-0.2, 0) is 9.59 Å². The lowest BCUT2D eigenvalue weighted by Crippen LogP contribution is -2.38. The Bertz CT molecular complexity index is 214. The second-order valence-corrected chi connectivity index (χ2v) is 3.93. The Morgan fingerprint density at radius 2 is 1.87 bits per heavy atom. The van der Waals surface area contributed by atoms with Crippen LogP contribution < -0.4 is 0 Å². The molecule has 0 saturated carbocycles. The van der Waals surface area contributed by atoms with Gasteiger partial charge in [-0.1, -0.05) is 13.3 Å². The Morgan fingerprint density at radius 3 is 2.27 bits per heavy atom. The van der Waals surface area contributed by atoms with Gasteiger partial charge in [0.25, 0.3) is 0 Å². The molecular formula is C11H21NO3. The minimum absolute atomic E-state index is 0.0239. The maximum Gasteiger partial charge on any atom is 0.305 e. The Balaban J connectivity index is 4.13. The standard InChI is InChI=1S/C11H21NO3/c1-4-5-6-10(13)12(9(2)3)8-7-11(14)15/h9H,4-8H2,1-3H3,(H,14,15). The van der Waals surface area contributed by atoms with Gasteiger partial charge in [0.05, 0.1) is 6.42 Å². The van der Waals surface area contributed by atoms with Gasteiger partial charge < -0.3 is 10.0 Å². The van der Waals surface area contributed by atoms with Crippen LogP contribution in [0.4, 0.5) is 0 Å². The van der Waals surface area contributed by atoms with Crippen LogP contribution in [0.1, 0.15) is 46.5 Å². The molecule has 0 aliphatic rings. The monoisotopic (exact) mass is 215 g/mol. The molecule has 4 nitrogen and oxygen atoms in total. The summed E-state index contributed by atoms with van der Waals surface area (Å²) < 4.78 is 0. The summed E-state index contributed by atoms with van der Waals surface area (Å²) in [6, 6.07) is 0.0775. The summed E-state index contributed by atoms with van der Waals surface area (Å²) in [5.41, 5.74) is 0. The van der Waals surface area contributed by atoms with Crippen LogP contribution in [0.3, 0.4) is 0 Å². The topological polar surface area (TPSA) is 57.6 Å². The highest BCUT2D eigenvalue weighted by Gasteiger charge is 2.16. The Hall–Kier alpha value is -1.06. The van der Waals surface area contributed by atoms with Gasteiger partial charge in [0.15, 0.2) is 0 Å². The summed E-state index contributed by atoms with van der Waals surface area (Å²) in [6.07, 6.45) is 2.40. The molecule has 0 atom stereocenters. The summed E-state index contributed by atoms with van der Waals surface area (Å²) >= 11 is 0. The molecule has 0 bridgehead atoms. The lowest BCUT2D eigenvalue weighted by molar-refractivity contribution is -0.139. The molecule has 0 aliphatic carbocycles. The fraction of sp³-hybridized carbons (Fsp3) is 0.818. The number of carbonyl (C=O) groups excluding carboxylic acids is 1. The molecule has 0 aromatic heterocycles. The van der Waals surface area contributed by atoms with E-state index in [-0.39, 0.29) is 18.4 Å². The van der Waals surface area contributed by atoms with E-state index in [1.807, 2.05) is 20.8 Å². The number of rotatable bonds is 7. The summed E-state index contributed by atoms with van der Waals surface area (Å²) in [4.78, 5) is 23.8. The molecule has 1 amide bonds. The van der Waals surface area contributed by atoms with E-state index in [0.717, 1.165) is 12.8 Å². The van der Waals surface area contributed by atoms with Crippen molar-refractivity contribution in [2.24, 2.45) is 0 Å². The lowest BCUT2D eigenvalue weighted by Gasteiger charge is -2.26. The number of carbonyl (C=O) groups is 2. The molecule has 0 aromatic rings. The smallest absolute Gasteiger partial charge is 0.305 e. The van der Waals surface area contributed by atoms with Gasteiger partial charge in [-0.05, 0) is 20.3 Å². The van der Waals surface area contributed by atoms with Crippen molar-refractivity contribution in [2.45, 2.75) is 52.5 Å². The molecule has 0 fully saturated rings. The quantitative estimate of drug-likeness (QED) is 0.705. The fourth-order valence-electron chi connectivity index (χ4n) is 1.36. The van der Waals surface area contributed by atoms with Gasteiger partial charge in [-0.3, -0.25) is 9.59 Å². The SMILES string of the molecule is CCCCC(=O)N(CCC(=O)O)C(C)C. The second kappa shape index (κ2) is 7.26. The highest BCUT2D eigenvalue weighted by atomic mass is 16.4. The third-order valence-electron chi connectivity index (χ3n) is 2.25. The molecule has 0 saturated heterocycles. The van der Waals surface area contributed by atoms with Crippen molar-refractivity contribution >= 4 is 11.9 Å². The van der Waals surface area contributed by atoms with Crippen molar-refractivity contribution in [3.63, 3.8) is 0 Å². The van der Waals surface area contributed by atoms with Crippen LogP contribution in [0.5, 0.6) is 0 Å². The molecule has 4 heteroatoms. The first-order valence-corrected chi connectivity index (χ1v) is 5.50. The Kier molecular flexibility index (Phi) is 6.75. The molecule has 0 heterocycles. The van der Waals surface area contributed by atoms with E-state index in [0.29, 0.717) is 13.0 Å².